The summed E-state index contributed by atoms with van der Waals surface area (Å²) in [6.45, 7) is 3.35. The summed E-state index contributed by atoms with van der Waals surface area (Å²) in [5.74, 6) is 0.243. The summed E-state index contributed by atoms with van der Waals surface area (Å²) in [6.07, 6.45) is 1.19. The van der Waals surface area contributed by atoms with Crippen molar-refractivity contribution in [3.8, 4) is 5.75 Å². The van der Waals surface area contributed by atoms with E-state index >= 15 is 0 Å². The van der Waals surface area contributed by atoms with Gasteiger partial charge >= 0.3 is 0 Å². The molecule has 1 amide bonds. The summed E-state index contributed by atoms with van der Waals surface area (Å²) in [5, 5.41) is 2.88. The molecule has 1 N–H and O–H groups in total. The minimum atomic E-state index is -4.12. The van der Waals surface area contributed by atoms with Gasteiger partial charge in [-0.05, 0) is 62.4 Å². The van der Waals surface area contributed by atoms with E-state index in [-0.39, 0.29) is 22.5 Å². The summed E-state index contributed by atoms with van der Waals surface area (Å²) in [5.41, 5.74) is 1.65. The molecular formula is C25H23N3O5S. The Balaban J connectivity index is 1.78. The van der Waals surface area contributed by atoms with Gasteiger partial charge in [0.25, 0.3) is 0 Å². The smallest absolute Gasteiger partial charge is 0.244 e. The molecule has 0 aliphatic rings. The van der Waals surface area contributed by atoms with Gasteiger partial charge in [0.2, 0.25) is 21.2 Å². The first-order chi connectivity index (χ1) is 16.2. The number of fused-ring (bicyclic) bond motifs is 1. The maximum atomic E-state index is 13.3. The number of methoxy groups -OCH3 is 1. The van der Waals surface area contributed by atoms with Crippen molar-refractivity contribution in [2.75, 3.05) is 12.4 Å². The molecular weight excluding hydrogens is 454 g/mol. The lowest BCUT2D eigenvalue weighted by atomic mass is 10.2. The third kappa shape index (κ3) is 4.55. The van der Waals surface area contributed by atoms with Gasteiger partial charge in [0.1, 0.15) is 22.8 Å². The average molecular weight is 478 g/mol. The molecule has 174 valence electrons. The molecule has 0 saturated carbocycles. The minimum Gasteiger partial charge on any atom is -0.497 e. The van der Waals surface area contributed by atoms with Crippen LogP contribution in [-0.4, -0.2) is 31.0 Å². The molecule has 0 saturated heterocycles. The van der Waals surface area contributed by atoms with Gasteiger partial charge in [-0.3, -0.25) is 9.59 Å². The Morgan fingerprint density at radius 2 is 1.68 bits per heavy atom. The number of carbonyl (C=O) groups excluding carboxylic acids is 1. The van der Waals surface area contributed by atoms with E-state index in [1.54, 1.807) is 56.5 Å². The van der Waals surface area contributed by atoms with Gasteiger partial charge in [0.15, 0.2) is 0 Å². The summed E-state index contributed by atoms with van der Waals surface area (Å²) in [4.78, 5) is 30.0. The first-order valence-corrected chi connectivity index (χ1v) is 11.9. The Labute approximate surface area is 196 Å². The standard InChI is InChI=1S/C25H23N3O5S/c1-16-4-11-20(12-5-16)34(31,32)22-14-28(25-21(24(22)30)13-6-17(2)26-25)15-23(29)27-18-7-9-19(33-3)10-8-18/h4-14H,15H2,1-3H3,(H,27,29). The van der Waals surface area contributed by atoms with Crippen LogP contribution in [0.25, 0.3) is 11.0 Å². The van der Waals surface area contributed by atoms with Gasteiger partial charge in [0, 0.05) is 17.6 Å². The van der Waals surface area contributed by atoms with E-state index in [0.717, 1.165) is 5.56 Å². The van der Waals surface area contributed by atoms with Crippen LogP contribution in [0.5, 0.6) is 5.75 Å². The maximum absolute atomic E-state index is 13.3. The van der Waals surface area contributed by atoms with E-state index < -0.39 is 26.1 Å². The van der Waals surface area contributed by atoms with Crippen LogP contribution in [0.2, 0.25) is 0 Å². The molecule has 4 rings (SSSR count). The maximum Gasteiger partial charge on any atom is 0.244 e. The molecule has 0 radical (unpaired) electrons. The van der Waals surface area contributed by atoms with E-state index in [2.05, 4.69) is 10.3 Å². The molecule has 4 aromatic rings. The zero-order chi connectivity index (χ0) is 24.5. The number of anilines is 1. The number of nitrogens with one attached hydrogen (secondary N) is 1. The van der Waals surface area contributed by atoms with Gasteiger partial charge < -0.3 is 14.6 Å². The predicted octanol–water partition coefficient (Wildman–Crippen LogP) is 3.49. The van der Waals surface area contributed by atoms with Gasteiger partial charge in [-0.1, -0.05) is 17.7 Å². The monoisotopic (exact) mass is 477 g/mol. The number of aromatic nitrogens is 2. The van der Waals surface area contributed by atoms with Gasteiger partial charge in [-0.2, -0.15) is 0 Å². The Kier molecular flexibility index (Phi) is 6.21. The number of sulfone groups is 1. The Morgan fingerprint density at radius 3 is 2.32 bits per heavy atom. The number of amides is 1. The molecule has 0 atom stereocenters. The van der Waals surface area contributed by atoms with Crippen molar-refractivity contribution in [1.82, 2.24) is 9.55 Å². The fraction of sp³-hybridized carbons (Fsp3) is 0.160. The first kappa shape index (κ1) is 23.2. The SMILES string of the molecule is COc1ccc(NC(=O)Cn2cc(S(=O)(=O)c3ccc(C)cc3)c(=O)c3ccc(C)nc32)cc1. The number of aryl methyl sites for hydroxylation is 2. The lowest BCUT2D eigenvalue weighted by Crippen LogP contribution is -2.24. The molecule has 0 spiro atoms. The van der Waals surface area contributed by atoms with Crippen molar-refractivity contribution in [3.63, 3.8) is 0 Å². The molecule has 34 heavy (non-hydrogen) atoms. The van der Waals surface area contributed by atoms with Crippen LogP contribution in [0.4, 0.5) is 5.69 Å². The quantitative estimate of drug-likeness (QED) is 0.456. The van der Waals surface area contributed by atoms with Crippen molar-refractivity contribution >= 4 is 32.5 Å². The number of hydrogen-bond acceptors (Lipinski definition) is 6. The van der Waals surface area contributed by atoms with E-state index in [4.69, 9.17) is 4.74 Å². The van der Waals surface area contributed by atoms with E-state index in [9.17, 15) is 18.0 Å². The van der Waals surface area contributed by atoms with E-state index in [1.807, 2.05) is 6.92 Å². The molecule has 9 heteroatoms. The van der Waals surface area contributed by atoms with Crippen LogP contribution in [0.1, 0.15) is 11.3 Å². The summed E-state index contributed by atoms with van der Waals surface area (Å²) in [7, 11) is -2.57. The molecule has 0 aliphatic heterocycles. The Morgan fingerprint density at radius 1 is 1.00 bits per heavy atom. The van der Waals surface area contributed by atoms with E-state index in [0.29, 0.717) is 17.1 Å². The topological polar surface area (TPSA) is 107 Å². The first-order valence-electron chi connectivity index (χ1n) is 10.5. The second-order valence-corrected chi connectivity index (χ2v) is 9.79. The van der Waals surface area contributed by atoms with Crippen molar-refractivity contribution < 1.29 is 17.9 Å². The van der Waals surface area contributed by atoms with Crippen LogP contribution < -0.4 is 15.5 Å². The predicted molar refractivity (Wildman–Crippen MR) is 129 cm³/mol. The average Bonchev–Trinajstić information content (AvgIpc) is 2.81. The highest BCUT2D eigenvalue weighted by atomic mass is 32.2. The van der Waals surface area contributed by atoms with Crippen LogP contribution in [0.15, 0.2) is 81.4 Å². The summed E-state index contributed by atoms with van der Waals surface area (Å²) < 4.78 is 33.1. The minimum absolute atomic E-state index is 0.00357. The molecule has 2 aromatic carbocycles. The van der Waals surface area contributed by atoms with Gasteiger partial charge in [-0.25, -0.2) is 13.4 Å². The summed E-state index contributed by atoms with van der Waals surface area (Å²) in [6, 6.07) is 16.2. The highest BCUT2D eigenvalue weighted by Gasteiger charge is 2.24. The molecule has 2 aromatic heterocycles. The number of carbonyl (C=O) groups is 1. The second-order valence-electron chi connectivity index (χ2n) is 7.87. The molecule has 0 bridgehead atoms. The second kappa shape index (κ2) is 9.11. The van der Waals surface area contributed by atoms with Crippen molar-refractivity contribution in [2.45, 2.75) is 30.2 Å². The molecule has 0 aliphatic carbocycles. The van der Waals surface area contributed by atoms with Crippen LogP contribution in [0.3, 0.4) is 0 Å². The van der Waals surface area contributed by atoms with Crippen molar-refractivity contribution in [3.05, 3.63) is 88.3 Å². The number of hydrogen-bond donors (Lipinski definition) is 1. The van der Waals surface area contributed by atoms with Crippen LogP contribution in [0, 0.1) is 13.8 Å². The van der Waals surface area contributed by atoms with Gasteiger partial charge in [-0.15, -0.1) is 0 Å². The number of benzene rings is 2. The fourth-order valence-electron chi connectivity index (χ4n) is 3.52. The number of ether oxygens (including phenoxy) is 1. The van der Waals surface area contributed by atoms with Crippen molar-refractivity contribution in [2.24, 2.45) is 0 Å². The molecule has 0 fully saturated rings. The zero-order valence-electron chi connectivity index (χ0n) is 18.9. The molecule has 8 nitrogen and oxygen atoms in total. The van der Waals surface area contributed by atoms with Crippen LogP contribution >= 0.6 is 0 Å². The van der Waals surface area contributed by atoms with Crippen LogP contribution in [-0.2, 0) is 21.2 Å². The normalized spacial score (nSPS) is 11.4. The third-order valence-corrected chi connectivity index (χ3v) is 7.10. The fourth-order valence-corrected chi connectivity index (χ4v) is 4.89. The Hall–Kier alpha value is -3.98. The largest absolute Gasteiger partial charge is 0.497 e. The summed E-state index contributed by atoms with van der Waals surface area (Å²) >= 11 is 0. The molecule has 2 heterocycles. The van der Waals surface area contributed by atoms with Gasteiger partial charge in [0.05, 0.1) is 17.4 Å². The zero-order valence-corrected chi connectivity index (χ0v) is 19.7. The lowest BCUT2D eigenvalue weighted by molar-refractivity contribution is -0.116. The highest BCUT2D eigenvalue weighted by Crippen LogP contribution is 2.22. The lowest BCUT2D eigenvalue weighted by Gasteiger charge is -2.14. The van der Waals surface area contributed by atoms with E-state index in [1.165, 1.54) is 29.0 Å². The highest BCUT2D eigenvalue weighted by molar-refractivity contribution is 7.91. The third-order valence-electron chi connectivity index (χ3n) is 5.34. The van der Waals surface area contributed by atoms with Crippen molar-refractivity contribution in [1.29, 1.82) is 0 Å². The number of pyridine rings is 2. The number of rotatable bonds is 6. The molecule has 0 unspecified atom stereocenters. The Bertz CT molecular complexity index is 1540. The number of nitrogens with zero attached hydrogens (tertiary/aromatic N) is 2.